The third-order valence-electron chi connectivity index (χ3n) is 3.21. The number of hydrogen-bond acceptors (Lipinski definition) is 4. The van der Waals surface area contributed by atoms with Gasteiger partial charge in [-0.1, -0.05) is 6.58 Å². The summed E-state index contributed by atoms with van der Waals surface area (Å²) in [5.41, 5.74) is -0.218. The number of ether oxygens (including phenoxy) is 1. The number of halogens is 8. The zero-order chi connectivity index (χ0) is 21.0. The van der Waals surface area contributed by atoms with E-state index >= 15 is 0 Å². The molecule has 0 saturated carbocycles. The standard InChI is InChI=1S/C14H18F8O4/c1-8(2)10(25)26-7-9(24)6-12(17,18)14(21,22)13(19,20)11(15,16)4-3-5-23/h9,23-24H,1,3-7H2,2H3. The number of aliphatic hydroxyl groups is 2. The molecule has 0 aromatic carbocycles. The second kappa shape index (κ2) is 8.51. The van der Waals surface area contributed by atoms with Crippen molar-refractivity contribution in [2.75, 3.05) is 13.2 Å². The van der Waals surface area contributed by atoms with Crippen LogP contribution in [0.25, 0.3) is 0 Å². The van der Waals surface area contributed by atoms with Gasteiger partial charge in [-0.2, -0.15) is 35.1 Å². The summed E-state index contributed by atoms with van der Waals surface area (Å²) in [7, 11) is 0. The van der Waals surface area contributed by atoms with Crippen molar-refractivity contribution in [3.05, 3.63) is 12.2 Å². The van der Waals surface area contributed by atoms with Gasteiger partial charge in [0, 0.05) is 25.0 Å². The Morgan fingerprint density at radius 3 is 1.92 bits per heavy atom. The van der Waals surface area contributed by atoms with E-state index in [1.54, 1.807) is 0 Å². The minimum absolute atomic E-state index is 0.218. The molecule has 0 bridgehead atoms. The van der Waals surface area contributed by atoms with Crippen LogP contribution in [-0.2, 0) is 9.53 Å². The highest BCUT2D eigenvalue weighted by molar-refractivity contribution is 5.86. The Hall–Kier alpha value is -1.43. The highest BCUT2D eigenvalue weighted by Crippen LogP contribution is 2.55. The van der Waals surface area contributed by atoms with E-state index in [2.05, 4.69) is 11.3 Å². The van der Waals surface area contributed by atoms with Gasteiger partial charge in [-0.15, -0.1) is 0 Å². The lowest BCUT2D eigenvalue weighted by Gasteiger charge is -2.37. The molecular weight excluding hydrogens is 384 g/mol. The van der Waals surface area contributed by atoms with E-state index in [0.717, 1.165) is 6.92 Å². The maximum atomic E-state index is 13.6. The van der Waals surface area contributed by atoms with E-state index in [4.69, 9.17) is 5.11 Å². The van der Waals surface area contributed by atoms with E-state index < -0.39 is 68.2 Å². The topological polar surface area (TPSA) is 66.8 Å². The summed E-state index contributed by atoms with van der Waals surface area (Å²) in [6.07, 6.45) is -7.87. The SMILES string of the molecule is C=C(C)C(=O)OCC(O)CC(F)(F)C(F)(F)C(F)(F)C(F)(F)CCCO. The first-order valence-corrected chi connectivity index (χ1v) is 7.16. The molecule has 0 spiro atoms. The van der Waals surface area contributed by atoms with Crippen molar-refractivity contribution in [3.8, 4) is 0 Å². The molecule has 1 atom stereocenters. The molecule has 1 unspecified atom stereocenters. The summed E-state index contributed by atoms with van der Waals surface area (Å²) in [5, 5.41) is 17.5. The average Bonchev–Trinajstić information content (AvgIpc) is 2.49. The molecular formula is C14H18F8O4. The monoisotopic (exact) mass is 402 g/mol. The summed E-state index contributed by atoms with van der Waals surface area (Å²) in [6, 6.07) is 0. The first-order valence-electron chi connectivity index (χ1n) is 7.16. The van der Waals surface area contributed by atoms with Gasteiger partial charge >= 0.3 is 29.7 Å². The summed E-state index contributed by atoms with van der Waals surface area (Å²) in [5.74, 6) is -25.5. The van der Waals surface area contributed by atoms with Gasteiger partial charge in [0.05, 0.1) is 6.10 Å². The molecule has 0 aromatic heterocycles. The third kappa shape index (κ3) is 5.29. The molecule has 12 heteroatoms. The third-order valence-corrected chi connectivity index (χ3v) is 3.21. The quantitative estimate of drug-likeness (QED) is 0.317. The predicted molar refractivity (Wildman–Crippen MR) is 72.5 cm³/mol. The molecule has 154 valence electrons. The average molecular weight is 402 g/mol. The lowest BCUT2D eigenvalue weighted by molar-refractivity contribution is -0.370. The fourth-order valence-corrected chi connectivity index (χ4v) is 1.70. The van der Waals surface area contributed by atoms with Crippen LogP contribution in [-0.4, -0.2) is 59.2 Å². The van der Waals surface area contributed by atoms with Crippen molar-refractivity contribution < 1.29 is 54.9 Å². The Morgan fingerprint density at radius 1 is 1.04 bits per heavy atom. The van der Waals surface area contributed by atoms with Gasteiger partial charge in [-0.05, 0) is 13.3 Å². The van der Waals surface area contributed by atoms with Crippen LogP contribution in [0.4, 0.5) is 35.1 Å². The molecule has 0 rings (SSSR count). The zero-order valence-electron chi connectivity index (χ0n) is 13.6. The Labute approximate surface area is 143 Å². The highest BCUT2D eigenvalue weighted by Gasteiger charge is 2.79. The molecule has 0 saturated heterocycles. The summed E-state index contributed by atoms with van der Waals surface area (Å²) in [6.45, 7) is 1.95. The van der Waals surface area contributed by atoms with Crippen LogP contribution in [0.2, 0.25) is 0 Å². The van der Waals surface area contributed by atoms with Crippen LogP contribution < -0.4 is 0 Å². The molecule has 0 aliphatic heterocycles. The maximum Gasteiger partial charge on any atom is 0.378 e. The Balaban J connectivity index is 5.27. The smallest absolute Gasteiger partial charge is 0.378 e. The first kappa shape index (κ1) is 24.6. The van der Waals surface area contributed by atoms with Crippen LogP contribution in [0.5, 0.6) is 0 Å². The van der Waals surface area contributed by atoms with Crippen LogP contribution in [0.15, 0.2) is 12.2 Å². The molecule has 4 nitrogen and oxygen atoms in total. The maximum absolute atomic E-state index is 13.6. The molecule has 0 heterocycles. The van der Waals surface area contributed by atoms with Crippen LogP contribution >= 0.6 is 0 Å². The van der Waals surface area contributed by atoms with Crippen molar-refractivity contribution in [1.82, 2.24) is 0 Å². The van der Waals surface area contributed by atoms with Crippen LogP contribution in [0.3, 0.4) is 0 Å². The summed E-state index contributed by atoms with van der Waals surface area (Å²) in [4.78, 5) is 11.0. The Kier molecular flexibility index (Phi) is 8.04. The van der Waals surface area contributed by atoms with E-state index in [0.29, 0.717) is 0 Å². The number of rotatable bonds is 11. The number of hydrogen-bond donors (Lipinski definition) is 2. The predicted octanol–water partition coefficient (Wildman–Crippen LogP) is 3.17. The Bertz CT molecular complexity index is 507. The largest absolute Gasteiger partial charge is 0.460 e. The second-order valence-corrected chi connectivity index (χ2v) is 5.62. The van der Waals surface area contributed by atoms with Crippen molar-refractivity contribution in [2.24, 2.45) is 0 Å². The van der Waals surface area contributed by atoms with Crippen molar-refractivity contribution in [2.45, 2.75) is 56.0 Å². The minimum atomic E-state index is -6.53. The van der Waals surface area contributed by atoms with Gasteiger partial charge in [-0.3, -0.25) is 0 Å². The van der Waals surface area contributed by atoms with Crippen LogP contribution in [0, 0.1) is 0 Å². The van der Waals surface area contributed by atoms with Gasteiger partial charge in [0.15, 0.2) is 0 Å². The minimum Gasteiger partial charge on any atom is -0.460 e. The molecule has 0 amide bonds. The normalized spacial score (nSPS) is 14.9. The van der Waals surface area contributed by atoms with Gasteiger partial charge in [0.2, 0.25) is 0 Å². The number of esters is 1. The number of carbonyl (C=O) groups is 1. The number of carbonyl (C=O) groups excluding carboxylic acids is 1. The van der Waals surface area contributed by atoms with Crippen molar-refractivity contribution in [1.29, 1.82) is 0 Å². The molecule has 0 aliphatic rings. The van der Waals surface area contributed by atoms with Gasteiger partial charge in [0.25, 0.3) is 0 Å². The highest BCUT2D eigenvalue weighted by atomic mass is 19.4. The lowest BCUT2D eigenvalue weighted by Crippen LogP contribution is -2.62. The molecule has 0 fully saturated rings. The zero-order valence-corrected chi connectivity index (χ0v) is 13.6. The van der Waals surface area contributed by atoms with Crippen molar-refractivity contribution >= 4 is 5.97 Å². The number of alkyl halides is 8. The molecule has 2 N–H and O–H groups in total. The molecule has 0 radical (unpaired) electrons. The van der Waals surface area contributed by atoms with Gasteiger partial charge in [0.1, 0.15) is 6.61 Å². The van der Waals surface area contributed by atoms with E-state index in [1.165, 1.54) is 0 Å². The van der Waals surface area contributed by atoms with E-state index in [1.807, 2.05) is 0 Å². The van der Waals surface area contributed by atoms with Gasteiger partial charge < -0.3 is 14.9 Å². The molecule has 0 aromatic rings. The molecule has 26 heavy (non-hydrogen) atoms. The van der Waals surface area contributed by atoms with Crippen molar-refractivity contribution in [3.63, 3.8) is 0 Å². The fourth-order valence-electron chi connectivity index (χ4n) is 1.70. The molecule has 0 aliphatic carbocycles. The Morgan fingerprint density at radius 2 is 1.50 bits per heavy atom. The fraction of sp³-hybridized carbons (Fsp3) is 0.786. The van der Waals surface area contributed by atoms with Crippen LogP contribution in [0.1, 0.15) is 26.2 Å². The van der Waals surface area contributed by atoms with E-state index in [-0.39, 0.29) is 5.57 Å². The number of aliphatic hydroxyl groups excluding tert-OH is 2. The van der Waals surface area contributed by atoms with E-state index in [9.17, 15) is 45.0 Å². The van der Waals surface area contributed by atoms with Gasteiger partial charge in [-0.25, -0.2) is 4.79 Å². The summed E-state index contributed by atoms with van der Waals surface area (Å²) < 4.78 is 112. The first-order chi connectivity index (χ1) is 11.5. The summed E-state index contributed by atoms with van der Waals surface area (Å²) >= 11 is 0. The second-order valence-electron chi connectivity index (χ2n) is 5.62. The lowest BCUT2D eigenvalue weighted by atomic mass is 9.93.